The van der Waals surface area contributed by atoms with E-state index in [4.69, 9.17) is 24.2 Å². The van der Waals surface area contributed by atoms with Crippen molar-refractivity contribution in [3.63, 3.8) is 0 Å². The second-order valence-corrected chi connectivity index (χ2v) is 11.1. The van der Waals surface area contributed by atoms with Crippen LogP contribution in [0.1, 0.15) is 116 Å². The number of aliphatic carboxylic acids is 1. The smallest absolute Gasteiger partial charge is 0.364 e. The number of nitrogens with zero attached hydrogens (tertiary/aromatic N) is 1. The summed E-state index contributed by atoms with van der Waals surface area (Å²) in [4.78, 5) is 12.5. The van der Waals surface area contributed by atoms with Crippen molar-refractivity contribution in [2.24, 2.45) is 11.8 Å². The van der Waals surface area contributed by atoms with E-state index < -0.39 is 24.3 Å². The van der Waals surface area contributed by atoms with Crippen LogP contribution in [0.15, 0.2) is 12.2 Å². The van der Waals surface area contributed by atoms with E-state index >= 15 is 0 Å². The van der Waals surface area contributed by atoms with E-state index in [1.54, 1.807) is 0 Å². The molecule has 8 heteroatoms. The fraction of sp³-hybridized carbons (Fsp3) is 0.867. The average molecular weight is 536 g/mol. The maximum absolute atomic E-state index is 12.5. The summed E-state index contributed by atoms with van der Waals surface area (Å²) in [6, 6.07) is 2.19. The minimum atomic E-state index is -1.77. The molecule has 2 saturated heterocycles. The summed E-state index contributed by atoms with van der Waals surface area (Å²) < 4.78 is 23.5. The number of hydrogen-bond acceptors (Lipinski definition) is 7. The number of aliphatic hydroxyl groups excluding tert-OH is 1. The van der Waals surface area contributed by atoms with E-state index in [-0.39, 0.29) is 18.4 Å². The Kier molecular flexibility index (Phi) is 14.1. The highest BCUT2D eigenvalue weighted by atomic mass is 16.8. The number of allylic oxidation sites excluding steroid dienone is 2. The lowest BCUT2D eigenvalue weighted by molar-refractivity contribution is -0.352. The van der Waals surface area contributed by atoms with Crippen LogP contribution in [0.5, 0.6) is 0 Å². The molecule has 0 aromatic rings. The van der Waals surface area contributed by atoms with Crippen LogP contribution < -0.4 is 0 Å². The second-order valence-electron chi connectivity index (χ2n) is 11.1. The van der Waals surface area contributed by atoms with Gasteiger partial charge in [-0.1, -0.05) is 31.4 Å². The minimum Gasteiger partial charge on any atom is -0.477 e. The van der Waals surface area contributed by atoms with Crippen LogP contribution in [0.25, 0.3) is 0 Å². The quantitative estimate of drug-likeness (QED) is 0.128. The van der Waals surface area contributed by atoms with Crippen LogP contribution >= 0.6 is 0 Å². The predicted octanol–water partition coefficient (Wildman–Crippen LogP) is 6.22. The van der Waals surface area contributed by atoms with Crippen molar-refractivity contribution in [1.82, 2.24) is 0 Å². The van der Waals surface area contributed by atoms with Crippen LogP contribution in [0.4, 0.5) is 0 Å². The first-order valence-electron chi connectivity index (χ1n) is 15.1. The number of ether oxygens (including phenoxy) is 4. The maximum Gasteiger partial charge on any atom is 0.364 e. The van der Waals surface area contributed by atoms with E-state index in [0.29, 0.717) is 44.8 Å². The van der Waals surface area contributed by atoms with Crippen molar-refractivity contribution in [2.45, 2.75) is 140 Å². The summed E-state index contributed by atoms with van der Waals surface area (Å²) in [6.45, 7) is 1.14. The summed E-state index contributed by atoms with van der Waals surface area (Å²) in [5, 5.41) is 29.4. The number of carbonyl (C=O) groups is 1. The normalized spacial score (nSPS) is 29.7. The van der Waals surface area contributed by atoms with E-state index in [2.05, 4.69) is 18.2 Å². The zero-order valence-electron chi connectivity index (χ0n) is 23.1. The first-order chi connectivity index (χ1) is 18.5. The van der Waals surface area contributed by atoms with Gasteiger partial charge in [-0.25, -0.2) is 4.79 Å². The topological polar surface area (TPSA) is 118 Å². The lowest BCUT2D eigenvalue weighted by atomic mass is 9.88. The third-order valence-corrected chi connectivity index (χ3v) is 8.17. The maximum atomic E-state index is 12.5. The Morgan fingerprint density at radius 1 is 0.921 bits per heavy atom. The summed E-state index contributed by atoms with van der Waals surface area (Å²) >= 11 is 0. The fourth-order valence-corrected chi connectivity index (χ4v) is 5.94. The van der Waals surface area contributed by atoms with Crippen molar-refractivity contribution < 1.29 is 34.0 Å². The average Bonchev–Trinajstić information content (AvgIpc) is 3.27. The SMILES string of the molecule is N#CCCCCCC=C[C@H]1CC[C@@H](O)[C@@H]1CCCCCC(OC1CCCCO1)(OC1CCCCO1)C(=O)O. The number of unbranched alkanes of at least 4 members (excludes halogenated alkanes) is 6. The monoisotopic (exact) mass is 535 g/mol. The lowest BCUT2D eigenvalue weighted by Crippen LogP contribution is -2.51. The van der Waals surface area contributed by atoms with Gasteiger partial charge in [0, 0.05) is 26.1 Å². The molecule has 0 amide bonds. The molecular weight excluding hydrogens is 486 g/mol. The number of hydrogen-bond donors (Lipinski definition) is 2. The standard InChI is InChI=1S/C30H49NO7/c31-21-11-4-2-1-3-6-14-24-18-19-26(32)25(24)15-7-5-10-20-30(29(33)34,37-27-16-8-12-22-35-27)38-28-17-9-13-23-36-28/h6,14,24-28,32H,1-5,7-13,15-20,22-23H2,(H,33,34)/t24-,25+,26+,27?,28?,30?/m0/s1. The fourth-order valence-electron chi connectivity index (χ4n) is 5.94. The van der Waals surface area contributed by atoms with Gasteiger partial charge in [0.1, 0.15) is 0 Å². The van der Waals surface area contributed by atoms with Gasteiger partial charge in [-0.3, -0.25) is 0 Å². The molecule has 5 atom stereocenters. The predicted molar refractivity (Wildman–Crippen MR) is 143 cm³/mol. The molecule has 0 aromatic carbocycles. The summed E-state index contributed by atoms with van der Waals surface area (Å²) in [7, 11) is 0. The first-order valence-corrected chi connectivity index (χ1v) is 15.1. The number of carboxylic acids is 1. The Balaban J connectivity index is 1.47. The summed E-state index contributed by atoms with van der Waals surface area (Å²) in [6.07, 6.45) is 18.5. The van der Waals surface area contributed by atoms with E-state index in [9.17, 15) is 15.0 Å². The Labute approximate surface area is 228 Å². The molecule has 1 saturated carbocycles. The Morgan fingerprint density at radius 2 is 1.61 bits per heavy atom. The third-order valence-electron chi connectivity index (χ3n) is 8.17. The molecule has 3 fully saturated rings. The highest BCUT2D eigenvalue weighted by Crippen LogP contribution is 2.37. The molecule has 2 unspecified atom stereocenters. The van der Waals surface area contributed by atoms with Crippen molar-refractivity contribution in [1.29, 1.82) is 5.26 Å². The number of nitriles is 1. The van der Waals surface area contributed by atoms with E-state index in [0.717, 1.165) is 83.5 Å². The molecule has 1 aliphatic carbocycles. The zero-order valence-corrected chi connectivity index (χ0v) is 23.1. The van der Waals surface area contributed by atoms with Crippen LogP contribution in [0, 0.1) is 23.2 Å². The van der Waals surface area contributed by atoms with Crippen LogP contribution in [0.2, 0.25) is 0 Å². The van der Waals surface area contributed by atoms with Gasteiger partial charge in [-0.15, -0.1) is 0 Å². The molecule has 2 N–H and O–H groups in total. The molecule has 2 aliphatic heterocycles. The Bertz CT molecular complexity index is 719. The molecular formula is C30H49NO7. The molecule has 3 aliphatic rings. The van der Waals surface area contributed by atoms with Gasteiger partial charge in [0.15, 0.2) is 12.6 Å². The van der Waals surface area contributed by atoms with Crippen molar-refractivity contribution in [3.8, 4) is 6.07 Å². The molecule has 0 radical (unpaired) electrons. The molecule has 216 valence electrons. The van der Waals surface area contributed by atoms with Gasteiger partial charge in [0.25, 0.3) is 5.79 Å². The Morgan fingerprint density at radius 3 is 2.21 bits per heavy atom. The number of aliphatic hydroxyl groups is 1. The number of rotatable bonds is 17. The van der Waals surface area contributed by atoms with Gasteiger partial charge in [-0.05, 0) is 95.3 Å². The molecule has 8 nitrogen and oxygen atoms in total. The second kappa shape index (κ2) is 17.2. The molecule has 3 rings (SSSR count). The zero-order chi connectivity index (χ0) is 27.1. The van der Waals surface area contributed by atoms with Crippen molar-refractivity contribution in [3.05, 3.63) is 12.2 Å². The highest BCUT2D eigenvalue weighted by molar-refractivity contribution is 5.75. The number of carboxylic acid groups (broad SMARTS) is 1. The molecule has 0 aromatic heterocycles. The van der Waals surface area contributed by atoms with Gasteiger partial charge in [-0.2, -0.15) is 5.26 Å². The summed E-state index contributed by atoms with van der Waals surface area (Å²) in [5.74, 6) is -2.23. The molecule has 0 spiro atoms. The van der Waals surface area contributed by atoms with Crippen LogP contribution in [-0.4, -0.2) is 53.9 Å². The van der Waals surface area contributed by atoms with Crippen LogP contribution in [0.3, 0.4) is 0 Å². The first kappa shape index (κ1) is 31.0. The van der Waals surface area contributed by atoms with Gasteiger partial charge >= 0.3 is 5.97 Å². The molecule has 38 heavy (non-hydrogen) atoms. The highest BCUT2D eigenvalue weighted by Gasteiger charge is 2.46. The molecule has 0 bridgehead atoms. The van der Waals surface area contributed by atoms with Gasteiger partial charge < -0.3 is 29.2 Å². The molecule has 2 heterocycles. The third kappa shape index (κ3) is 10.2. The van der Waals surface area contributed by atoms with Crippen molar-refractivity contribution in [2.75, 3.05) is 13.2 Å². The van der Waals surface area contributed by atoms with Crippen LogP contribution in [-0.2, 0) is 23.7 Å². The van der Waals surface area contributed by atoms with E-state index in [1.807, 2.05) is 0 Å². The summed E-state index contributed by atoms with van der Waals surface area (Å²) in [5.41, 5.74) is 0. The minimum absolute atomic E-state index is 0.240. The van der Waals surface area contributed by atoms with Gasteiger partial charge in [0.05, 0.1) is 12.2 Å². The Hall–Kier alpha value is -1.50. The van der Waals surface area contributed by atoms with Gasteiger partial charge in [0.2, 0.25) is 0 Å². The largest absolute Gasteiger partial charge is 0.477 e. The van der Waals surface area contributed by atoms with E-state index in [1.165, 1.54) is 0 Å². The van der Waals surface area contributed by atoms with Crippen molar-refractivity contribution >= 4 is 5.97 Å². The lowest BCUT2D eigenvalue weighted by Gasteiger charge is -2.38.